The zero-order valence-electron chi connectivity index (χ0n) is 9.01. The summed E-state index contributed by atoms with van der Waals surface area (Å²) < 4.78 is 9.81. The average molecular weight is 239 g/mol. The molecule has 0 bridgehead atoms. The first kappa shape index (κ1) is 11.3. The third kappa shape index (κ3) is 2.48. The zero-order valence-corrected chi connectivity index (χ0v) is 9.83. The van der Waals surface area contributed by atoms with Gasteiger partial charge in [-0.05, 0) is 11.6 Å². The van der Waals surface area contributed by atoms with Gasteiger partial charge >= 0.3 is 6.09 Å². The summed E-state index contributed by atoms with van der Waals surface area (Å²) in [5, 5.41) is 0. The number of allylic oxidation sites excluding steroid dienone is 2. The summed E-state index contributed by atoms with van der Waals surface area (Å²) in [6, 6.07) is 0. The van der Waals surface area contributed by atoms with Crippen LogP contribution in [-0.4, -0.2) is 37.1 Å². The summed E-state index contributed by atoms with van der Waals surface area (Å²) in [5.41, 5.74) is 1.19. The Hall–Kier alpha value is -1.20. The smallest absolute Gasteiger partial charge is 0.418 e. The van der Waals surface area contributed by atoms with Gasteiger partial charge in [0, 0.05) is 30.2 Å². The summed E-state index contributed by atoms with van der Waals surface area (Å²) in [6.45, 7) is 0.693. The largest absolute Gasteiger partial charge is 0.446 e. The Morgan fingerprint density at radius 2 is 2.44 bits per heavy atom. The molecular formula is C11H13NO3S. The fourth-order valence-electron chi connectivity index (χ4n) is 1.40. The molecular weight excluding hydrogens is 226 g/mol. The summed E-state index contributed by atoms with van der Waals surface area (Å²) in [4.78, 5) is 14.2. The molecule has 2 aliphatic rings. The van der Waals surface area contributed by atoms with Gasteiger partial charge in [-0.25, -0.2) is 4.79 Å². The lowest BCUT2D eigenvalue weighted by molar-refractivity contribution is 0.0873. The summed E-state index contributed by atoms with van der Waals surface area (Å²) in [5.74, 6) is 0.970. The first-order valence-corrected chi connectivity index (χ1v) is 5.97. The molecule has 0 radical (unpaired) electrons. The van der Waals surface area contributed by atoms with Crippen LogP contribution >= 0.6 is 11.8 Å². The average Bonchev–Trinajstić information content (AvgIpc) is 2.76. The van der Waals surface area contributed by atoms with Crippen LogP contribution in [0.5, 0.6) is 0 Å². The van der Waals surface area contributed by atoms with E-state index in [2.05, 4.69) is 6.08 Å². The molecule has 2 rings (SSSR count). The molecule has 0 unspecified atom stereocenters. The van der Waals surface area contributed by atoms with E-state index in [9.17, 15) is 4.79 Å². The normalized spacial score (nSPS) is 17.9. The third-order valence-corrected chi connectivity index (χ3v) is 3.21. The highest BCUT2D eigenvalue weighted by atomic mass is 32.2. The van der Waals surface area contributed by atoms with E-state index in [0.717, 1.165) is 10.7 Å². The van der Waals surface area contributed by atoms with Crippen molar-refractivity contribution in [2.24, 2.45) is 0 Å². The van der Waals surface area contributed by atoms with Crippen molar-refractivity contribution in [3.8, 4) is 0 Å². The quantitative estimate of drug-likeness (QED) is 0.707. The lowest BCUT2D eigenvalue weighted by atomic mass is 10.2. The van der Waals surface area contributed by atoms with Crippen LogP contribution in [0.15, 0.2) is 35.0 Å². The highest BCUT2D eigenvalue weighted by Gasteiger charge is 2.19. The van der Waals surface area contributed by atoms with Gasteiger partial charge in [-0.15, -0.1) is 11.8 Å². The molecule has 1 amide bonds. The molecule has 2 heterocycles. The minimum atomic E-state index is -0.368. The molecule has 0 N–H and O–H groups in total. The van der Waals surface area contributed by atoms with Crippen molar-refractivity contribution < 1.29 is 14.3 Å². The van der Waals surface area contributed by atoms with E-state index in [-0.39, 0.29) is 12.7 Å². The van der Waals surface area contributed by atoms with Crippen LogP contribution in [0.2, 0.25) is 0 Å². The lowest BCUT2D eigenvalue weighted by Gasteiger charge is -2.18. The molecule has 0 saturated carbocycles. The van der Waals surface area contributed by atoms with E-state index in [1.165, 1.54) is 10.5 Å². The standard InChI is InChI=1S/C11H13NO3S/c1-14-5-6-15-11(13)12-4-2-9-3-7-16-10(9)8-12/h2-4,8H,5-7H2,1H3. The van der Waals surface area contributed by atoms with Crippen LogP contribution in [0.4, 0.5) is 4.79 Å². The second-order valence-corrected chi connectivity index (χ2v) is 4.36. The van der Waals surface area contributed by atoms with Crippen LogP contribution in [-0.2, 0) is 9.47 Å². The van der Waals surface area contributed by atoms with Gasteiger partial charge in [-0.2, -0.15) is 0 Å². The Kier molecular flexibility index (Phi) is 3.69. The maximum Gasteiger partial charge on any atom is 0.418 e. The Morgan fingerprint density at radius 1 is 1.56 bits per heavy atom. The predicted octanol–water partition coefficient (Wildman–Crippen LogP) is 2.11. The monoisotopic (exact) mass is 239 g/mol. The molecule has 2 aliphatic heterocycles. The number of hydrogen-bond donors (Lipinski definition) is 0. The van der Waals surface area contributed by atoms with Crippen molar-refractivity contribution in [2.45, 2.75) is 0 Å². The van der Waals surface area contributed by atoms with Crippen LogP contribution < -0.4 is 0 Å². The number of thioether (sulfide) groups is 1. The van der Waals surface area contributed by atoms with E-state index < -0.39 is 0 Å². The molecule has 4 nitrogen and oxygen atoms in total. The number of amides is 1. The maximum atomic E-state index is 11.6. The van der Waals surface area contributed by atoms with Gasteiger partial charge in [0.1, 0.15) is 6.61 Å². The molecule has 5 heteroatoms. The van der Waals surface area contributed by atoms with Crippen molar-refractivity contribution in [1.29, 1.82) is 0 Å². The summed E-state index contributed by atoms with van der Waals surface area (Å²) in [6.07, 6.45) is 7.22. The number of ether oxygens (including phenoxy) is 2. The number of carbonyl (C=O) groups is 1. The number of nitrogens with zero attached hydrogens (tertiary/aromatic N) is 1. The first-order valence-electron chi connectivity index (χ1n) is 4.98. The second-order valence-electron chi connectivity index (χ2n) is 3.29. The van der Waals surface area contributed by atoms with E-state index >= 15 is 0 Å². The van der Waals surface area contributed by atoms with Gasteiger partial charge in [0.15, 0.2) is 0 Å². The molecule has 0 saturated heterocycles. The van der Waals surface area contributed by atoms with Crippen molar-refractivity contribution in [3.05, 3.63) is 35.0 Å². The van der Waals surface area contributed by atoms with E-state index in [1.807, 2.05) is 6.08 Å². The third-order valence-electron chi connectivity index (χ3n) is 2.22. The van der Waals surface area contributed by atoms with Gasteiger partial charge in [0.2, 0.25) is 0 Å². The Balaban J connectivity index is 1.91. The number of hydrogen-bond acceptors (Lipinski definition) is 4. The van der Waals surface area contributed by atoms with Crippen molar-refractivity contribution in [1.82, 2.24) is 4.90 Å². The topological polar surface area (TPSA) is 38.8 Å². The number of rotatable bonds is 3. The minimum Gasteiger partial charge on any atom is -0.446 e. The van der Waals surface area contributed by atoms with Crippen LogP contribution in [0, 0.1) is 0 Å². The Morgan fingerprint density at radius 3 is 3.25 bits per heavy atom. The van der Waals surface area contributed by atoms with Crippen molar-refractivity contribution in [2.75, 3.05) is 26.1 Å². The van der Waals surface area contributed by atoms with Gasteiger partial charge < -0.3 is 9.47 Å². The Labute approximate surface area is 98.6 Å². The van der Waals surface area contributed by atoms with Crippen molar-refractivity contribution in [3.63, 3.8) is 0 Å². The van der Waals surface area contributed by atoms with Crippen LogP contribution in [0.3, 0.4) is 0 Å². The number of methoxy groups -OCH3 is 1. The molecule has 16 heavy (non-hydrogen) atoms. The predicted molar refractivity (Wildman–Crippen MR) is 62.8 cm³/mol. The highest BCUT2D eigenvalue weighted by molar-refractivity contribution is 8.03. The first-order chi connectivity index (χ1) is 7.81. The SMILES string of the molecule is COCCOC(=O)N1C=CC2=CCSC2=C1. The lowest BCUT2D eigenvalue weighted by Crippen LogP contribution is -2.24. The van der Waals surface area contributed by atoms with Crippen LogP contribution in [0.1, 0.15) is 0 Å². The molecule has 0 aromatic rings. The van der Waals surface area contributed by atoms with Gasteiger partial charge in [-0.3, -0.25) is 4.90 Å². The molecule has 0 atom stereocenters. The fourth-order valence-corrected chi connectivity index (χ4v) is 2.35. The second kappa shape index (κ2) is 5.23. The van der Waals surface area contributed by atoms with E-state index in [1.54, 1.807) is 31.3 Å². The van der Waals surface area contributed by atoms with Crippen molar-refractivity contribution >= 4 is 17.9 Å². The maximum absolute atomic E-state index is 11.6. The molecule has 0 aromatic heterocycles. The number of carbonyl (C=O) groups excluding carboxylic acids is 1. The zero-order chi connectivity index (χ0) is 11.4. The van der Waals surface area contributed by atoms with Crippen LogP contribution in [0.25, 0.3) is 0 Å². The van der Waals surface area contributed by atoms with Gasteiger partial charge in [-0.1, -0.05) is 6.08 Å². The van der Waals surface area contributed by atoms with Gasteiger partial charge in [0.25, 0.3) is 0 Å². The summed E-state index contributed by atoms with van der Waals surface area (Å²) >= 11 is 1.72. The molecule has 0 fully saturated rings. The molecule has 0 aromatic carbocycles. The summed E-state index contributed by atoms with van der Waals surface area (Å²) in [7, 11) is 1.57. The Bertz CT molecular complexity index is 373. The number of fused-ring (bicyclic) bond motifs is 1. The fraction of sp³-hybridized carbons (Fsp3) is 0.364. The molecule has 0 spiro atoms. The van der Waals surface area contributed by atoms with E-state index in [0.29, 0.717) is 6.61 Å². The van der Waals surface area contributed by atoms with Gasteiger partial charge in [0.05, 0.1) is 6.61 Å². The van der Waals surface area contributed by atoms with E-state index in [4.69, 9.17) is 9.47 Å². The molecule has 0 aliphatic carbocycles. The minimum absolute atomic E-state index is 0.276. The highest BCUT2D eigenvalue weighted by Crippen LogP contribution is 2.34. The molecule has 86 valence electrons.